The van der Waals surface area contributed by atoms with Crippen LogP contribution in [0.25, 0.3) is 11.3 Å². The van der Waals surface area contributed by atoms with E-state index in [0.717, 1.165) is 36.6 Å². The van der Waals surface area contributed by atoms with Crippen molar-refractivity contribution in [3.05, 3.63) is 36.6 Å². The summed E-state index contributed by atoms with van der Waals surface area (Å²) in [5, 5.41) is 3.83. The fourth-order valence-electron chi connectivity index (χ4n) is 1.61. The minimum Gasteiger partial charge on any atom is -0.494 e. The maximum absolute atomic E-state index is 5.65. The molecule has 0 saturated carbocycles. The van der Waals surface area contributed by atoms with E-state index >= 15 is 0 Å². The standard InChI is InChI=1S/C14H17N2O2/c1-16(2)9-3-10-17-13-6-4-12(5-7-13)14-8-11-18-15-14/h4-8H,3,9-10H2,1-2H3. The Labute approximate surface area is 107 Å². The minimum atomic E-state index is 0.731. The number of rotatable bonds is 6. The van der Waals surface area contributed by atoms with Crippen LogP contribution in [-0.2, 0) is 0 Å². The quantitative estimate of drug-likeness (QED) is 0.733. The molecule has 1 heterocycles. The summed E-state index contributed by atoms with van der Waals surface area (Å²) in [5.74, 6) is 0.880. The summed E-state index contributed by atoms with van der Waals surface area (Å²) in [6.45, 7) is 1.77. The molecular formula is C14H17N2O2. The van der Waals surface area contributed by atoms with Crippen molar-refractivity contribution < 1.29 is 9.26 Å². The number of ether oxygens (including phenoxy) is 1. The highest BCUT2D eigenvalue weighted by Gasteiger charge is 2.01. The molecule has 0 N–H and O–H groups in total. The Balaban J connectivity index is 1.84. The largest absolute Gasteiger partial charge is 0.494 e. The number of nitrogens with zero attached hydrogens (tertiary/aromatic N) is 2. The smallest absolute Gasteiger partial charge is 0.205 e. The summed E-state index contributed by atoms with van der Waals surface area (Å²) >= 11 is 0. The van der Waals surface area contributed by atoms with Crippen LogP contribution in [0.1, 0.15) is 6.42 Å². The lowest BCUT2D eigenvalue weighted by molar-refractivity contribution is 0.281. The molecule has 0 aliphatic heterocycles. The highest BCUT2D eigenvalue weighted by atomic mass is 16.5. The van der Waals surface area contributed by atoms with E-state index in [-0.39, 0.29) is 0 Å². The van der Waals surface area contributed by atoms with E-state index in [0.29, 0.717) is 0 Å². The predicted octanol–water partition coefficient (Wildman–Crippen LogP) is 2.47. The highest BCUT2D eigenvalue weighted by Crippen LogP contribution is 2.20. The van der Waals surface area contributed by atoms with Crippen LogP contribution in [0.2, 0.25) is 0 Å². The van der Waals surface area contributed by atoms with Gasteiger partial charge in [-0.1, -0.05) is 5.16 Å². The second-order valence-corrected chi connectivity index (χ2v) is 4.36. The van der Waals surface area contributed by atoms with E-state index in [9.17, 15) is 0 Å². The molecule has 0 aliphatic carbocycles. The molecule has 4 nitrogen and oxygen atoms in total. The zero-order valence-electron chi connectivity index (χ0n) is 10.7. The summed E-state index contributed by atoms with van der Waals surface area (Å²) in [5.41, 5.74) is 1.79. The third-order valence-corrected chi connectivity index (χ3v) is 2.56. The Hall–Kier alpha value is -1.81. The molecule has 2 rings (SSSR count). The topological polar surface area (TPSA) is 38.5 Å². The number of aromatic nitrogens is 1. The third kappa shape index (κ3) is 3.60. The minimum absolute atomic E-state index is 0.731. The first kappa shape index (κ1) is 12.6. The van der Waals surface area contributed by atoms with Crippen molar-refractivity contribution >= 4 is 0 Å². The maximum atomic E-state index is 5.65. The second kappa shape index (κ2) is 6.21. The molecule has 1 radical (unpaired) electrons. The van der Waals surface area contributed by atoms with Gasteiger partial charge in [0.25, 0.3) is 0 Å². The van der Waals surface area contributed by atoms with E-state index in [1.54, 1.807) is 6.07 Å². The Morgan fingerprint density at radius 2 is 2.06 bits per heavy atom. The van der Waals surface area contributed by atoms with Gasteiger partial charge in [0.05, 0.1) is 6.61 Å². The molecule has 0 fully saturated rings. The Morgan fingerprint density at radius 3 is 2.67 bits per heavy atom. The van der Waals surface area contributed by atoms with Crippen LogP contribution in [0.15, 0.2) is 34.9 Å². The van der Waals surface area contributed by atoms with E-state index in [1.807, 2.05) is 24.3 Å². The summed E-state index contributed by atoms with van der Waals surface area (Å²) < 4.78 is 10.3. The van der Waals surface area contributed by atoms with E-state index < -0.39 is 0 Å². The predicted molar refractivity (Wildman–Crippen MR) is 69.4 cm³/mol. The first-order valence-corrected chi connectivity index (χ1v) is 5.96. The fourth-order valence-corrected chi connectivity index (χ4v) is 1.61. The first-order chi connectivity index (χ1) is 8.75. The number of hydrogen-bond acceptors (Lipinski definition) is 4. The van der Waals surface area contributed by atoms with Crippen molar-refractivity contribution in [1.82, 2.24) is 10.1 Å². The third-order valence-electron chi connectivity index (χ3n) is 2.56. The van der Waals surface area contributed by atoms with Crippen molar-refractivity contribution in [3.63, 3.8) is 0 Å². The van der Waals surface area contributed by atoms with Crippen LogP contribution in [0.4, 0.5) is 0 Å². The zero-order valence-corrected chi connectivity index (χ0v) is 10.7. The van der Waals surface area contributed by atoms with Gasteiger partial charge in [0, 0.05) is 18.2 Å². The van der Waals surface area contributed by atoms with Gasteiger partial charge < -0.3 is 14.2 Å². The molecule has 1 aromatic heterocycles. The monoisotopic (exact) mass is 245 g/mol. The van der Waals surface area contributed by atoms with Gasteiger partial charge in [0.2, 0.25) is 6.26 Å². The van der Waals surface area contributed by atoms with Gasteiger partial charge >= 0.3 is 0 Å². The van der Waals surface area contributed by atoms with Crippen LogP contribution in [-0.4, -0.2) is 37.3 Å². The molecule has 0 aliphatic rings. The van der Waals surface area contributed by atoms with Crippen molar-refractivity contribution in [2.45, 2.75) is 6.42 Å². The summed E-state index contributed by atoms with van der Waals surface area (Å²) in [6.07, 6.45) is 3.59. The summed E-state index contributed by atoms with van der Waals surface area (Å²) in [4.78, 5) is 2.15. The molecule has 0 saturated heterocycles. The van der Waals surface area contributed by atoms with Gasteiger partial charge in [-0.2, -0.15) is 0 Å². The molecule has 4 heteroatoms. The van der Waals surface area contributed by atoms with Gasteiger partial charge in [0.1, 0.15) is 11.4 Å². The molecule has 1 aromatic carbocycles. The lowest BCUT2D eigenvalue weighted by Crippen LogP contribution is -2.15. The van der Waals surface area contributed by atoms with Crippen molar-refractivity contribution in [3.8, 4) is 17.0 Å². The Bertz CT molecular complexity index is 449. The SMILES string of the molecule is CN(C)CCCOc1ccc(-c2c[c]on2)cc1. The molecule has 0 amide bonds. The average Bonchev–Trinajstić information content (AvgIpc) is 2.89. The molecule has 0 bridgehead atoms. The summed E-state index contributed by atoms with van der Waals surface area (Å²) in [7, 11) is 4.12. The van der Waals surface area contributed by atoms with Crippen LogP contribution in [0.5, 0.6) is 5.75 Å². The van der Waals surface area contributed by atoms with E-state index in [2.05, 4.69) is 30.4 Å². The first-order valence-electron chi connectivity index (χ1n) is 5.96. The lowest BCUT2D eigenvalue weighted by Gasteiger charge is -2.10. The van der Waals surface area contributed by atoms with Crippen molar-refractivity contribution in [2.24, 2.45) is 0 Å². The normalized spacial score (nSPS) is 10.8. The van der Waals surface area contributed by atoms with Crippen LogP contribution in [0.3, 0.4) is 0 Å². The second-order valence-electron chi connectivity index (χ2n) is 4.36. The van der Waals surface area contributed by atoms with Gasteiger partial charge in [-0.25, -0.2) is 0 Å². The summed E-state index contributed by atoms with van der Waals surface area (Å²) in [6, 6.07) is 9.53. The van der Waals surface area contributed by atoms with E-state index in [1.165, 1.54) is 0 Å². The Morgan fingerprint density at radius 1 is 1.28 bits per heavy atom. The van der Waals surface area contributed by atoms with Gasteiger partial charge in [-0.05, 0) is 44.8 Å². The van der Waals surface area contributed by atoms with Crippen LogP contribution in [0, 0.1) is 6.26 Å². The highest BCUT2D eigenvalue weighted by molar-refractivity contribution is 5.58. The molecule has 0 spiro atoms. The van der Waals surface area contributed by atoms with Crippen LogP contribution < -0.4 is 4.74 Å². The van der Waals surface area contributed by atoms with Crippen molar-refractivity contribution in [2.75, 3.05) is 27.2 Å². The lowest BCUT2D eigenvalue weighted by atomic mass is 10.1. The fraction of sp³-hybridized carbons (Fsp3) is 0.357. The zero-order chi connectivity index (χ0) is 12.8. The molecule has 2 aromatic rings. The van der Waals surface area contributed by atoms with Gasteiger partial charge in [-0.15, -0.1) is 0 Å². The van der Waals surface area contributed by atoms with Gasteiger partial charge in [0.15, 0.2) is 0 Å². The molecule has 0 unspecified atom stereocenters. The maximum Gasteiger partial charge on any atom is 0.205 e. The molecule has 95 valence electrons. The average molecular weight is 245 g/mol. The van der Waals surface area contributed by atoms with Crippen LogP contribution >= 0.6 is 0 Å². The molecule has 18 heavy (non-hydrogen) atoms. The van der Waals surface area contributed by atoms with Gasteiger partial charge in [-0.3, -0.25) is 0 Å². The number of hydrogen-bond donors (Lipinski definition) is 0. The number of benzene rings is 1. The molecule has 0 atom stereocenters. The Kier molecular flexibility index (Phi) is 4.36. The van der Waals surface area contributed by atoms with Crippen molar-refractivity contribution in [1.29, 1.82) is 0 Å². The molecular weight excluding hydrogens is 228 g/mol. The van der Waals surface area contributed by atoms with E-state index in [4.69, 9.17) is 9.26 Å².